The number of hydrogen-bond acceptors (Lipinski definition) is 5. The van der Waals surface area contributed by atoms with E-state index in [2.05, 4.69) is 15.4 Å². The summed E-state index contributed by atoms with van der Waals surface area (Å²) in [6.45, 7) is 8.23. The zero-order chi connectivity index (χ0) is 19.8. The second-order valence-corrected chi connectivity index (χ2v) is 7.72. The molecular formula is C19H25N5O3. The van der Waals surface area contributed by atoms with Gasteiger partial charge in [-0.05, 0) is 45.4 Å². The number of aryl methyl sites for hydroxylation is 2. The van der Waals surface area contributed by atoms with Crippen molar-refractivity contribution in [3.63, 3.8) is 0 Å². The Hall–Kier alpha value is -2.90. The molecule has 8 heteroatoms. The fourth-order valence-electron chi connectivity index (χ4n) is 3.05. The third kappa shape index (κ3) is 4.27. The van der Waals surface area contributed by atoms with Gasteiger partial charge in [0.2, 0.25) is 0 Å². The standard InChI is InChI=1S/C19H25N5O3/c1-12-6-8-20-15(10-12)21-17(25)16-13-11-24(18(26)27-19(2,3)4)9-7-14(13)22-23(16)5/h6,8,10H,7,9,11H2,1-5H3,(H,20,21,25). The molecule has 0 fully saturated rings. The molecule has 0 bridgehead atoms. The van der Waals surface area contributed by atoms with Crippen molar-refractivity contribution in [2.75, 3.05) is 11.9 Å². The minimum absolute atomic E-state index is 0.294. The largest absolute Gasteiger partial charge is 0.444 e. The lowest BCUT2D eigenvalue weighted by atomic mass is 10.1. The number of aromatic nitrogens is 3. The van der Waals surface area contributed by atoms with Crippen molar-refractivity contribution in [3.05, 3.63) is 40.8 Å². The van der Waals surface area contributed by atoms with Crippen LogP contribution in [0.1, 0.15) is 48.1 Å². The van der Waals surface area contributed by atoms with E-state index in [1.165, 1.54) is 0 Å². The van der Waals surface area contributed by atoms with Crippen LogP contribution in [-0.4, -0.2) is 43.8 Å². The highest BCUT2D eigenvalue weighted by Gasteiger charge is 2.31. The third-order valence-corrected chi connectivity index (χ3v) is 4.22. The van der Waals surface area contributed by atoms with Crippen LogP contribution in [0.5, 0.6) is 0 Å². The molecule has 2 aromatic rings. The number of carbonyl (C=O) groups excluding carboxylic acids is 2. The number of rotatable bonds is 2. The summed E-state index contributed by atoms with van der Waals surface area (Å²) < 4.78 is 7.02. The van der Waals surface area contributed by atoms with Crippen LogP contribution >= 0.6 is 0 Å². The van der Waals surface area contributed by atoms with Gasteiger partial charge in [-0.3, -0.25) is 9.48 Å². The number of amides is 2. The predicted octanol–water partition coefficient (Wildman–Crippen LogP) is 2.67. The van der Waals surface area contributed by atoms with Crippen molar-refractivity contribution in [1.29, 1.82) is 0 Å². The highest BCUT2D eigenvalue weighted by atomic mass is 16.6. The number of hydrogen-bond donors (Lipinski definition) is 1. The summed E-state index contributed by atoms with van der Waals surface area (Å²) in [5.74, 6) is 0.185. The fourth-order valence-corrected chi connectivity index (χ4v) is 3.05. The Morgan fingerprint density at radius 3 is 2.70 bits per heavy atom. The number of ether oxygens (including phenoxy) is 1. The molecule has 2 aromatic heterocycles. The second kappa shape index (κ2) is 7.02. The molecule has 0 radical (unpaired) electrons. The lowest BCUT2D eigenvalue weighted by Crippen LogP contribution is -2.40. The first-order valence-corrected chi connectivity index (χ1v) is 8.91. The van der Waals surface area contributed by atoms with Crippen molar-refractivity contribution < 1.29 is 14.3 Å². The van der Waals surface area contributed by atoms with E-state index in [1.807, 2.05) is 33.8 Å². The quantitative estimate of drug-likeness (QED) is 0.877. The van der Waals surface area contributed by atoms with Crippen LogP contribution in [0, 0.1) is 6.92 Å². The first kappa shape index (κ1) is 18.9. The zero-order valence-electron chi connectivity index (χ0n) is 16.4. The Morgan fingerprint density at radius 2 is 2.04 bits per heavy atom. The molecule has 1 N–H and O–H groups in total. The maximum absolute atomic E-state index is 12.8. The summed E-state index contributed by atoms with van der Waals surface area (Å²) in [6, 6.07) is 3.66. The normalized spacial score (nSPS) is 13.9. The van der Waals surface area contributed by atoms with Crippen LogP contribution in [0.3, 0.4) is 0 Å². The molecule has 0 aromatic carbocycles. The molecule has 2 amide bonds. The Labute approximate surface area is 158 Å². The molecular weight excluding hydrogens is 346 g/mol. The minimum atomic E-state index is -0.566. The van der Waals surface area contributed by atoms with E-state index < -0.39 is 5.60 Å². The van der Waals surface area contributed by atoms with Gasteiger partial charge in [0, 0.05) is 31.8 Å². The molecule has 0 saturated heterocycles. The van der Waals surface area contributed by atoms with Crippen molar-refractivity contribution in [2.24, 2.45) is 7.05 Å². The monoisotopic (exact) mass is 371 g/mol. The highest BCUT2D eigenvalue weighted by Crippen LogP contribution is 2.24. The lowest BCUT2D eigenvalue weighted by Gasteiger charge is -2.29. The van der Waals surface area contributed by atoms with Gasteiger partial charge in [0.05, 0.1) is 12.2 Å². The van der Waals surface area contributed by atoms with Crippen molar-refractivity contribution in [2.45, 2.75) is 46.3 Å². The molecule has 8 nitrogen and oxygen atoms in total. The molecule has 0 atom stereocenters. The first-order chi connectivity index (χ1) is 12.6. The van der Waals surface area contributed by atoms with Crippen LogP contribution in [0.25, 0.3) is 0 Å². The SMILES string of the molecule is Cc1ccnc(NC(=O)c2c3c(nn2C)CCN(C(=O)OC(C)(C)C)C3)c1. The second-order valence-electron chi connectivity index (χ2n) is 7.72. The summed E-state index contributed by atoms with van der Waals surface area (Å²) in [5.41, 5.74) is 2.45. The molecule has 3 rings (SSSR count). The third-order valence-electron chi connectivity index (χ3n) is 4.22. The van der Waals surface area contributed by atoms with Gasteiger partial charge in [-0.1, -0.05) is 0 Å². The Balaban J connectivity index is 1.82. The maximum Gasteiger partial charge on any atom is 0.410 e. The smallest absolute Gasteiger partial charge is 0.410 e. The number of nitrogens with one attached hydrogen (secondary N) is 1. The zero-order valence-corrected chi connectivity index (χ0v) is 16.4. The van der Waals surface area contributed by atoms with E-state index in [0.29, 0.717) is 31.0 Å². The fraction of sp³-hybridized carbons (Fsp3) is 0.474. The van der Waals surface area contributed by atoms with E-state index in [4.69, 9.17) is 4.74 Å². The number of anilines is 1. The molecule has 1 aliphatic rings. The summed E-state index contributed by atoms with van der Waals surface area (Å²) in [7, 11) is 1.73. The van der Waals surface area contributed by atoms with Crippen molar-refractivity contribution >= 4 is 17.8 Å². The van der Waals surface area contributed by atoms with E-state index in [0.717, 1.165) is 16.8 Å². The Bertz CT molecular complexity index is 882. The van der Waals surface area contributed by atoms with Gasteiger partial charge in [-0.15, -0.1) is 0 Å². The van der Waals surface area contributed by atoms with E-state index in [9.17, 15) is 9.59 Å². The number of carbonyl (C=O) groups is 2. The average Bonchev–Trinajstić information content (AvgIpc) is 2.88. The van der Waals surface area contributed by atoms with Gasteiger partial charge in [0.15, 0.2) is 0 Å². The van der Waals surface area contributed by atoms with Crippen LogP contribution < -0.4 is 5.32 Å². The van der Waals surface area contributed by atoms with E-state index in [-0.39, 0.29) is 12.0 Å². The van der Waals surface area contributed by atoms with E-state index >= 15 is 0 Å². The minimum Gasteiger partial charge on any atom is -0.444 e. The van der Waals surface area contributed by atoms with E-state index in [1.54, 1.807) is 28.9 Å². The van der Waals surface area contributed by atoms with Crippen molar-refractivity contribution in [1.82, 2.24) is 19.7 Å². The summed E-state index contributed by atoms with van der Waals surface area (Å²) >= 11 is 0. The average molecular weight is 371 g/mol. The molecule has 144 valence electrons. The highest BCUT2D eigenvalue weighted by molar-refractivity contribution is 6.03. The molecule has 27 heavy (non-hydrogen) atoms. The number of pyridine rings is 1. The molecule has 0 aliphatic carbocycles. The molecule has 1 aliphatic heterocycles. The number of fused-ring (bicyclic) bond motifs is 1. The predicted molar refractivity (Wildman–Crippen MR) is 100 cm³/mol. The van der Waals surface area contributed by atoms with Crippen molar-refractivity contribution in [3.8, 4) is 0 Å². The van der Waals surface area contributed by atoms with Crippen LogP contribution in [-0.2, 0) is 24.8 Å². The summed E-state index contributed by atoms with van der Waals surface area (Å²) in [4.78, 5) is 31.0. The Morgan fingerprint density at radius 1 is 1.30 bits per heavy atom. The maximum atomic E-state index is 12.8. The van der Waals surface area contributed by atoms with Crippen LogP contribution in [0.15, 0.2) is 18.3 Å². The summed E-state index contributed by atoms with van der Waals surface area (Å²) in [5, 5.41) is 7.27. The molecule has 0 saturated carbocycles. The van der Waals surface area contributed by atoms with Gasteiger partial charge < -0.3 is 15.0 Å². The van der Waals surface area contributed by atoms with Crippen LogP contribution in [0.2, 0.25) is 0 Å². The van der Waals surface area contributed by atoms with Crippen LogP contribution in [0.4, 0.5) is 10.6 Å². The lowest BCUT2D eigenvalue weighted by molar-refractivity contribution is 0.0222. The number of nitrogens with zero attached hydrogens (tertiary/aromatic N) is 4. The van der Waals surface area contributed by atoms with Gasteiger partial charge in [-0.2, -0.15) is 5.10 Å². The summed E-state index contributed by atoms with van der Waals surface area (Å²) in [6.07, 6.45) is 1.84. The Kier molecular flexibility index (Phi) is 4.91. The molecule has 3 heterocycles. The van der Waals surface area contributed by atoms with Gasteiger partial charge in [-0.25, -0.2) is 9.78 Å². The van der Waals surface area contributed by atoms with Gasteiger partial charge in [0.1, 0.15) is 17.1 Å². The topological polar surface area (TPSA) is 89.4 Å². The molecule has 0 unspecified atom stereocenters. The van der Waals surface area contributed by atoms with Gasteiger partial charge in [0.25, 0.3) is 5.91 Å². The van der Waals surface area contributed by atoms with Gasteiger partial charge >= 0.3 is 6.09 Å². The molecule has 0 spiro atoms. The first-order valence-electron chi connectivity index (χ1n) is 8.91.